The highest BCUT2D eigenvalue weighted by Gasteiger charge is 2.09. The Bertz CT molecular complexity index is 808. The molecule has 5 heteroatoms. The topological polar surface area (TPSA) is 52.3 Å². The molecule has 0 amide bonds. The first-order valence-corrected chi connectivity index (χ1v) is 7.34. The van der Waals surface area contributed by atoms with Crippen LogP contribution in [0.5, 0.6) is 0 Å². The SMILES string of the molecule is CCOC(=O)Cc1ccc(-c2nc3cc(Cl)ccc3o2)cc1. The summed E-state index contributed by atoms with van der Waals surface area (Å²) in [4.78, 5) is 15.9. The number of aromatic nitrogens is 1. The first-order valence-electron chi connectivity index (χ1n) is 6.96. The number of oxazole rings is 1. The molecule has 0 radical (unpaired) electrons. The van der Waals surface area contributed by atoms with E-state index in [1.165, 1.54) is 0 Å². The summed E-state index contributed by atoms with van der Waals surface area (Å²) in [7, 11) is 0. The van der Waals surface area contributed by atoms with Crippen LogP contribution in [0.4, 0.5) is 0 Å². The number of esters is 1. The van der Waals surface area contributed by atoms with Gasteiger partial charge in [0.25, 0.3) is 0 Å². The molecule has 0 aliphatic heterocycles. The van der Waals surface area contributed by atoms with Crippen molar-refractivity contribution >= 4 is 28.7 Å². The maximum absolute atomic E-state index is 11.5. The van der Waals surface area contributed by atoms with E-state index in [9.17, 15) is 4.79 Å². The third kappa shape index (κ3) is 3.12. The number of benzene rings is 2. The smallest absolute Gasteiger partial charge is 0.310 e. The second-order valence-electron chi connectivity index (χ2n) is 4.81. The Balaban J connectivity index is 1.83. The summed E-state index contributed by atoms with van der Waals surface area (Å²) in [5.41, 5.74) is 3.15. The Morgan fingerprint density at radius 2 is 2.00 bits per heavy atom. The van der Waals surface area contributed by atoms with Gasteiger partial charge in [0.15, 0.2) is 5.58 Å². The second-order valence-corrected chi connectivity index (χ2v) is 5.25. The van der Waals surface area contributed by atoms with Crippen molar-refractivity contribution in [3.05, 3.63) is 53.1 Å². The summed E-state index contributed by atoms with van der Waals surface area (Å²) in [6.07, 6.45) is 0.261. The number of carbonyl (C=O) groups is 1. The largest absolute Gasteiger partial charge is 0.466 e. The van der Waals surface area contributed by atoms with Crippen LogP contribution < -0.4 is 0 Å². The number of fused-ring (bicyclic) bond motifs is 1. The number of hydrogen-bond donors (Lipinski definition) is 0. The molecule has 112 valence electrons. The highest BCUT2D eigenvalue weighted by Crippen LogP contribution is 2.26. The Hall–Kier alpha value is -2.33. The van der Waals surface area contributed by atoms with E-state index in [4.69, 9.17) is 20.8 Å². The Morgan fingerprint density at radius 3 is 2.73 bits per heavy atom. The van der Waals surface area contributed by atoms with Gasteiger partial charge in [-0.15, -0.1) is 0 Å². The average Bonchev–Trinajstić information content (AvgIpc) is 2.91. The second kappa shape index (κ2) is 6.20. The molecule has 0 spiro atoms. The van der Waals surface area contributed by atoms with Crippen LogP contribution in [0.1, 0.15) is 12.5 Å². The van der Waals surface area contributed by atoms with E-state index in [0.717, 1.165) is 16.6 Å². The maximum atomic E-state index is 11.5. The molecule has 0 N–H and O–H groups in total. The van der Waals surface area contributed by atoms with E-state index in [1.54, 1.807) is 25.1 Å². The van der Waals surface area contributed by atoms with Crippen molar-refractivity contribution in [3.8, 4) is 11.5 Å². The number of ether oxygens (including phenoxy) is 1. The lowest BCUT2D eigenvalue weighted by molar-refractivity contribution is -0.142. The number of rotatable bonds is 4. The van der Waals surface area contributed by atoms with Crippen LogP contribution in [-0.2, 0) is 16.0 Å². The van der Waals surface area contributed by atoms with Gasteiger partial charge in [-0.05, 0) is 42.8 Å². The van der Waals surface area contributed by atoms with Gasteiger partial charge in [-0.1, -0.05) is 23.7 Å². The molecular formula is C17H14ClNO3. The number of hydrogen-bond acceptors (Lipinski definition) is 4. The molecule has 0 aliphatic rings. The van der Waals surface area contributed by atoms with E-state index in [-0.39, 0.29) is 12.4 Å². The van der Waals surface area contributed by atoms with Crippen LogP contribution in [0.2, 0.25) is 5.02 Å². The zero-order chi connectivity index (χ0) is 15.5. The van der Waals surface area contributed by atoms with Crippen LogP contribution in [0.3, 0.4) is 0 Å². The van der Waals surface area contributed by atoms with Crippen LogP contribution in [0.15, 0.2) is 46.9 Å². The van der Waals surface area contributed by atoms with Gasteiger partial charge in [-0.25, -0.2) is 4.98 Å². The van der Waals surface area contributed by atoms with Gasteiger partial charge in [-0.3, -0.25) is 4.79 Å². The van der Waals surface area contributed by atoms with Crippen molar-refractivity contribution in [1.29, 1.82) is 0 Å². The summed E-state index contributed by atoms with van der Waals surface area (Å²) in [5.74, 6) is 0.298. The summed E-state index contributed by atoms with van der Waals surface area (Å²) in [5, 5.41) is 0.622. The lowest BCUT2D eigenvalue weighted by Crippen LogP contribution is -2.07. The molecule has 0 atom stereocenters. The average molecular weight is 316 g/mol. The van der Waals surface area contributed by atoms with Crippen molar-refractivity contribution in [2.45, 2.75) is 13.3 Å². The number of nitrogens with zero attached hydrogens (tertiary/aromatic N) is 1. The quantitative estimate of drug-likeness (QED) is 0.675. The van der Waals surface area contributed by atoms with E-state index in [1.807, 2.05) is 24.3 Å². The Labute approximate surface area is 132 Å². The van der Waals surface area contributed by atoms with Crippen LogP contribution in [-0.4, -0.2) is 17.6 Å². The first-order chi connectivity index (χ1) is 10.7. The molecule has 1 heterocycles. The van der Waals surface area contributed by atoms with Gasteiger partial charge in [0.1, 0.15) is 5.52 Å². The predicted octanol–water partition coefficient (Wildman–Crippen LogP) is 4.25. The minimum Gasteiger partial charge on any atom is -0.466 e. The first kappa shape index (κ1) is 14.6. The van der Waals surface area contributed by atoms with Crippen molar-refractivity contribution in [2.75, 3.05) is 6.61 Å². The highest BCUT2D eigenvalue weighted by atomic mass is 35.5. The lowest BCUT2D eigenvalue weighted by atomic mass is 10.1. The fourth-order valence-electron chi connectivity index (χ4n) is 2.17. The molecule has 4 nitrogen and oxygen atoms in total. The van der Waals surface area contributed by atoms with E-state index in [2.05, 4.69) is 4.98 Å². The molecule has 3 aromatic rings. The Morgan fingerprint density at radius 1 is 1.23 bits per heavy atom. The third-order valence-corrected chi connectivity index (χ3v) is 3.44. The lowest BCUT2D eigenvalue weighted by Gasteiger charge is -2.02. The molecule has 0 fully saturated rings. The summed E-state index contributed by atoms with van der Waals surface area (Å²) in [6.45, 7) is 2.18. The van der Waals surface area contributed by atoms with Gasteiger partial charge in [0, 0.05) is 10.6 Å². The fourth-order valence-corrected chi connectivity index (χ4v) is 2.33. The number of halogens is 1. The van der Waals surface area contributed by atoms with Crippen LogP contribution >= 0.6 is 11.6 Å². The molecule has 22 heavy (non-hydrogen) atoms. The monoisotopic (exact) mass is 315 g/mol. The normalized spacial score (nSPS) is 10.8. The van der Waals surface area contributed by atoms with Gasteiger partial charge in [-0.2, -0.15) is 0 Å². The maximum Gasteiger partial charge on any atom is 0.310 e. The molecule has 3 rings (SSSR count). The minimum atomic E-state index is -0.230. The van der Waals surface area contributed by atoms with Crippen molar-refractivity contribution in [1.82, 2.24) is 4.98 Å². The summed E-state index contributed by atoms with van der Waals surface area (Å²) < 4.78 is 10.6. The summed E-state index contributed by atoms with van der Waals surface area (Å²) >= 11 is 5.94. The van der Waals surface area contributed by atoms with E-state index < -0.39 is 0 Å². The van der Waals surface area contributed by atoms with Gasteiger partial charge in [0.05, 0.1) is 13.0 Å². The molecule has 1 aromatic heterocycles. The van der Waals surface area contributed by atoms with Gasteiger partial charge < -0.3 is 9.15 Å². The third-order valence-electron chi connectivity index (χ3n) is 3.20. The molecular weight excluding hydrogens is 302 g/mol. The molecule has 0 unspecified atom stereocenters. The molecule has 0 saturated carbocycles. The van der Waals surface area contributed by atoms with Crippen molar-refractivity contribution < 1.29 is 13.9 Å². The summed E-state index contributed by atoms with van der Waals surface area (Å²) in [6, 6.07) is 12.8. The number of carbonyl (C=O) groups excluding carboxylic acids is 1. The molecule has 0 saturated heterocycles. The predicted molar refractivity (Wildman–Crippen MR) is 84.8 cm³/mol. The van der Waals surface area contributed by atoms with E-state index in [0.29, 0.717) is 23.1 Å². The fraction of sp³-hybridized carbons (Fsp3) is 0.176. The molecule has 2 aromatic carbocycles. The van der Waals surface area contributed by atoms with Crippen LogP contribution in [0.25, 0.3) is 22.6 Å². The Kier molecular flexibility index (Phi) is 4.11. The molecule has 0 bridgehead atoms. The van der Waals surface area contributed by atoms with Crippen molar-refractivity contribution in [2.24, 2.45) is 0 Å². The van der Waals surface area contributed by atoms with Crippen molar-refractivity contribution in [3.63, 3.8) is 0 Å². The standard InChI is InChI=1S/C17H14ClNO3/c1-2-21-16(20)9-11-3-5-12(6-4-11)17-19-14-10-13(18)7-8-15(14)22-17/h3-8,10H,2,9H2,1H3. The zero-order valence-corrected chi connectivity index (χ0v) is 12.8. The minimum absolute atomic E-state index is 0.230. The van der Waals surface area contributed by atoms with Gasteiger partial charge >= 0.3 is 5.97 Å². The molecule has 0 aliphatic carbocycles. The van der Waals surface area contributed by atoms with Gasteiger partial charge in [0.2, 0.25) is 5.89 Å². The highest BCUT2D eigenvalue weighted by molar-refractivity contribution is 6.31. The van der Waals surface area contributed by atoms with E-state index >= 15 is 0 Å². The zero-order valence-electron chi connectivity index (χ0n) is 12.0. The van der Waals surface area contributed by atoms with Crippen LogP contribution in [0, 0.1) is 0 Å².